The highest BCUT2D eigenvalue weighted by atomic mass is 19.1. The van der Waals surface area contributed by atoms with Gasteiger partial charge in [0, 0.05) is 14.1 Å². The number of halogens is 1. The number of nitrogens with one attached hydrogen (secondary N) is 2. The Labute approximate surface area is 148 Å². The Kier molecular flexibility index (Phi) is 3.73. The summed E-state index contributed by atoms with van der Waals surface area (Å²) in [5, 5.41) is 22.0. The molecule has 0 spiro atoms. The number of carbonyl (C=O) groups is 1. The molecule has 0 aliphatic carbocycles. The lowest BCUT2D eigenvalue weighted by molar-refractivity contribution is 0.102. The van der Waals surface area contributed by atoms with Crippen molar-refractivity contribution in [3.63, 3.8) is 0 Å². The summed E-state index contributed by atoms with van der Waals surface area (Å²) < 4.78 is 14.1. The van der Waals surface area contributed by atoms with Gasteiger partial charge in [-0.1, -0.05) is 0 Å². The number of hydrogen-bond acceptors (Lipinski definition) is 6. The third kappa shape index (κ3) is 2.93. The molecule has 0 unspecified atom stereocenters. The molecule has 4 aromatic rings. The largest absolute Gasteiger partial charge is 0.508 e. The van der Waals surface area contributed by atoms with Gasteiger partial charge in [0.2, 0.25) is 5.65 Å². The number of H-pyrrole nitrogens is 1. The summed E-state index contributed by atoms with van der Waals surface area (Å²) in [4.78, 5) is 20.8. The first-order chi connectivity index (χ1) is 12.6. The molecule has 2 heterocycles. The summed E-state index contributed by atoms with van der Waals surface area (Å²) >= 11 is 0. The van der Waals surface area contributed by atoms with Gasteiger partial charge in [-0.15, -0.1) is 5.10 Å². The number of carbonyl (C=O) groups excluding carboxylic acids is 1. The molecule has 3 N–H and O–H groups in total. The Balaban J connectivity index is 0.00000140. The minimum Gasteiger partial charge on any atom is -0.508 e. The number of phenols is 1. The van der Waals surface area contributed by atoms with Crippen molar-refractivity contribution < 1.29 is 17.1 Å². The van der Waals surface area contributed by atoms with Crippen molar-refractivity contribution >= 4 is 22.8 Å². The van der Waals surface area contributed by atoms with Gasteiger partial charge in [0.25, 0.3) is 5.91 Å². The van der Waals surface area contributed by atoms with Gasteiger partial charge in [-0.05, 0) is 42.5 Å². The first-order valence-corrected chi connectivity index (χ1v) is 7.54. The lowest BCUT2D eigenvalue weighted by atomic mass is 10.1. The zero-order chi connectivity index (χ0) is 18.1. The van der Waals surface area contributed by atoms with Crippen LogP contribution in [0.1, 0.15) is 13.2 Å². The molecule has 0 radical (unpaired) electrons. The summed E-state index contributed by atoms with van der Waals surface area (Å²) in [5.74, 6) is -0.938. The van der Waals surface area contributed by atoms with Crippen LogP contribution >= 0.6 is 0 Å². The Bertz CT molecular complexity index is 1120. The van der Waals surface area contributed by atoms with Crippen LogP contribution in [-0.4, -0.2) is 36.4 Å². The van der Waals surface area contributed by atoms with Crippen molar-refractivity contribution in [2.75, 3.05) is 5.32 Å². The summed E-state index contributed by atoms with van der Waals surface area (Å²) in [6.45, 7) is 0. The van der Waals surface area contributed by atoms with E-state index in [2.05, 4.69) is 30.7 Å². The lowest BCUT2D eigenvalue weighted by Gasteiger charge is -2.08. The number of amides is 1. The Morgan fingerprint density at radius 3 is 2.77 bits per heavy atom. The van der Waals surface area contributed by atoms with Crippen molar-refractivity contribution in [3.8, 4) is 17.1 Å². The van der Waals surface area contributed by atoms with Crippen molar-refractivity contribution in [1.29, 1.82) is 0 Å². The average Bonchev–Trinajstić information content (AvgIpc) is 3.11. The van der Waals surface area contributed by atoms with Crippen LogP contribution in [0.5, 0.6) is 5.75 Å². The molecule has 0 aliphatic rings. The van der Waals surface area contributed by atoms with Crippen LogP contribution in [0.15, 0.2) is 48.7 Å². The van der Waals surface area contributed by atoms with Crippen molar-refractivity contribution in [2.24, 2.45) is 0 Å². The molecule has 4 rings (SSSR count). The third-order valence-corrected chi connectivity index (χ3v) is 3.67. The van der Waals surface area contributed by atoms with E-state index >= 15 is 0 Å². The third-order valence-electron chi connectivity index (χ3n) is 3.67. The second-order valence-electron chi connectivity index (χ2n) is 5.42. The molecule has 0 fully saturated rings. The molecule has 9 heteroatoms. The van der Waals surface area contributed by atoms with Gasteiger partial charge < -0.3 is 10.4 Å². The molecule has 2 aromatic carbocycles. The number of aromatic nitrogens is 5. The normalized spacial score (nSPS) is 10.8. The molecule has 8 nitrogen and oxygen atoms in total. The van der Waals surface area contributed by atoms with Crippen LogP contribution in [0.4, 0.5) is 10.1 Å². The maximum Gasteiger partial charge on any atom is 0.258 e. The molecule has 26 heavy (non-hydrogen) atoms. The lowest BCUT2D eigenvalue weighted by Crippen LogP contribution is -2.14. The van der Waals surface area contributed by atoms with E-state index in [1.54, 1.807) is 0 Å². The van der Waals surface area contributed by atoms with Crippen LogP contribution in [0.3, 0.4) is 0 Å². The Morgan fingerprint density at radius 1 is 1.15 bits per heavy atom. The van der Waals surface area contributed by atoms with E-state index in [0.717, 1.165) is 0 Å². The van der Waals surface area contributed by atoms with Crippen LogP contribution in [0, 0.1) is 5.82 Å². The van der Waals surface area contributed by atoms with Gasteiger partial charge >= 0.3 is 0 Å². The number of phenolic OH excluding ortho intramolecular Hbond substituents is 1. The van der Waals surface area contributed by atoms with Gasteiger partial charge in [0.05, 0.1) is 11.8 Å². The highest BCUT2D eigenvalue weighted by molar-refractivity contribution is 6.05. The number of anilines is 1. The highest BCUT2D eigenvalue weighted by Crippen LogP contribution is 2.21. The smallest absolute Gasteiger partial charge is 0.258 e. The van der Waals surface area contributed by atoms with Gasteiger partial charge in [0.15, 0.2) is 5.82 Å². The number of benzene rings is 2. The monoisotopic (exact) mass is 354 g/mol. The van der Waals surface area contributed by atoms with Crippen molar-refractivity contribution in [1.82, 2.24) is 25.4 Å². The van der Waals surface area contributed by atoms with Gasteiger partial charge in [-0.25, -0.2) is 14.4 Å². The maximum atomic E-state index is 14.1. The predicted molar refractivity (Wildman–Crippen MR) is 95.2 cm³/mol. The van der Waals surface area contributed by atoms with E-state index in [0.29, 0.717) is 28.2 Å². The second-order valence-corrected chi connectivity index (χ2v) is 5.42. The minimum absolute atomic E-state index is 0. The number of nitrogens with zero attached hydrogens (tertiary/aromatic N) is 4. The maximum absolute atomic E-state index is 14.1. The minimum atomic E-state index is -0.674. The molecule has 0 bridgehead atoms. The van der Waals surface area contributed by atoms with Crippen molar-refractivity contribution in [3.05, 3.63) is 60.0 Å². The summed E-state index contributed by atoms with van der Waals surface area (Å²) in [6.07, 6.45) is 1.49. The highest BCUT2D eigenvalue weighted by Gasteiger charge is 2.15. The fourth-order valence-electron chi connectivity index (χ4n) is 2.37. The molecule has 2 aromatic heterocycles. The quantitative estimate of drug-likeness (QED) is 0.487. The van der Waals surface area contributed by atoms with Crippen LogP contribution < -0.4 is 5.32 Å². The number of hydrogen-bond donors (Lipinski definition) is 3. The first-order valence-electron chi connectivity index (χ1n) is 7.54. The van der Waals surface area contributed by atoms with E-state index in [1.165, 1.54) is 48.7 Å². The summed E-state index contributed by atoms with van der Waals surface area (Å²) in [5.41, 5.74) is 1.61. The molecule has 1 amide bonds. The van der Waals surface area contributed by atoms with Gasteiger partial charge in [-0.2, -0.15) is 10.3 Å². The summed E-state index contributed by atoms with van der Waals surface area (Å²) in [6, 6.07) is 9.89. The fourth-order valence-corrected chi connectivity index (χ4v) is 2.37. The van der Waals surface area contributed by atoms with E-state index in [4.69, 9.17) is 0 Å². The van der Waals surface area contributed by atoms with Crippen LogP contribution in [0.25, 0.3) is 22.6 Å². The zero-order valence-corrected chi connectivity index (χ0v) is 13.1. The average molecular weight is 354 g/mol. The van der Waals surface area contributed by atoms with Crippen LogP contribution in [-0.2, 0) is 0 Å². The van der Waals surface area contributed by atoms with Crippen LogP contribution in [0.2, 0.25) is 0 Å². The second kappa shape index (κ2) is 6.20. The van der Waals surface area contributed by atoms with Gasteiger partial charge in [-0.3, -0.25) is 4.79 Å². The molecule has 0 aliphatic heterocycles. The molecular formula is C17H15FN6O2. The molecule has 0 saturated heterocycles. The van der Waals surface area contributed by atoms with Gasteiger partial charge in [0.1, 0.15) is 17.1 Å². The number of fused-ring (bicyclic) bond motifs is 1. The van der Waals surface area contributed by atoms with Crippen molar-refractivity contribution in [2.45, 2.75) is 0 Å². The van der Waals surface area contributed by atoms with E-state index in [9.17, 15) is 14.3 Å². The zero-order valence-electron chi connectivity index (χ0n) is 13.1. The first kappa shape index (κ1) is 15.6. The number of aromatic amines is 1. The molecule has 132 valence electrons. The molecule has 0 saturated carbocycles. The van der Waals surface area contributed by atoms with E-state index in [-0.39, 0.29) is 14.2 Å². The fraction of sp³-hybridized carbons (Fsp3) is 0. The predicted octanol–water partition coefficient (Wildman–Crippen LogP) is 3.00. The number of aromatic hydroxyl groups is 1. The Morgan fingerprint density at radius 2 is 1.96 bits per heavy atom. The van der Waals surface area contributed by atoms with E-state index in [1.807, 2.05) is 0 Å². The topological polar surface area (TPSA) is 117 Å². The SMILES string of the molecule is O=C(Nc1ccc(O)cc1)c1cc(-c2ncc3n[nH]nc3n2)ccc1F.[HH].[HH]. The van der Waals surface area contributed by atoms with E-state index < -0.39 is 11.7 Å². The molecule has 0 atom stereocenters. The Hall–Kier alpha value is -3.88. The number of rotatable bonds is 3. The summed E-state index contributed by atoms with van der Waals surface area (Å²) in [7, 11) is 0. The molecular weight excluding hydrogens is 339 g/mol. The standard InChI is InChI=1S/C17H11FN6O2.2H2/c18-13-6-1-9(15-19-8-14-16(21-15)23-24-22-14)7-12(13)17(26)20-10-2-4-11(25)5-3-10;;/h1-8,25H,(H,20,26)(H,19,21,22,23,24);2*1H.